The van der Waals surface area contributed by atoms with Crippen molar-refractivity contribution in [3.63, 3.8) is 0 Å². The van der Waals surface area contributed by atoms with Crippen molar-refractivity contribution in [3.8, 4) is 0 Å². The zero-order valence-corrected chi connectivity index (χ0v) is 18.8. The van der Waals surface area contributed by atoms with Crippen molar-refractivity contribution in [3.05, 3.63) is 0 Å². The molecule has 2 heteroatoms. The molecule has 0 saturated carbocycles. The average Bonchev–Trinajstić information content (AvgIpc) is 2.47. The number of hydrogen-bond acceptors (Lipinski definition) is 0. The molecule has 0 unspecified atom stereocenters. The fourth-order valence-electron chi connectivity index (χ4n) is 2.35. The van der Waals surface area contributed by atoms with E-state index in [1.54, 1.807) is 34.6 Å². The third kappa shape index (κ3) is 19.6. The number of hydrogen-bond donors (Lipinski definition) is 0. The van der Waals surface area contributed by atoms with Gasteiger partial charge in [0, 0.05) is 0 Å². The maximum atomic E-state index is 2.31. The summed E-state index contributed by atoms with van der Waals surface area (Å²) in [6, 6.07) is 0. The molecule has 122 valence electrons. The Labute approximate surface area is 146 Å². The van der Waals surface area contributed by atoms with Gasteiger partial charge in [-0.15, -0.1) is 0 Å². The SMILES string of the molecule is CCCCCCCCC[Te][Te]CCCCCCCCC. The molecule has 0 radical (unpaired) electrons. The Morgan fingerprint density at radius 2 is 0.700 bits per heavy atom. The molecule has 0 nitrogen and oxygen atoms in total. The molecule has 20 heavy (non-hydrogen) atoms. The summed E-state index contributed by atoms with van der Waals surface area (Å²) < 4.78 is 3.36. The standard InChI is InChI=1S/C18H38Te2/c1-3-5-7-9-11-13-15-17-19-20-18-16-14-12-10-8-6-4-2/h3-18H2,1-2H3. The molecule has 0 aromatic carbocycles. The quantitative estimate of drug-likeness (QED) is 0.152. The molecule has 0 aromatic heterocycles. The molecule has 0 fully saturated rings. The minimum atomic E-state index is 0.525. The van der Waals surface area contributed by atoms with E-state index in [2.05, 4.69) is 13.8 Å². The Morgan fingerprint density at radius 3 is 1.05 bits per heavy atom. The predicted molar refractivity (Wildman–Crippen MR) is 97.1 cm³/mol. The van der Waals surface area contributed by atoms with Crippen molar-refractivity contribution >= 4 is 34.1 Å². The molecular weight excluding hydrogens is 471 g/mol. The summed E-state index contributed by atoms with van der Waals surface area (Å²) in [6.45, 7) is 4.61. The second kappa shape index (κ2) is 20.6. The molecule has 0 rings (SSSR count). The van der Waals surface area contributed by atoms with E-state index in [4.69, 9.17) is 0 Å². The van der Waals surface area contributed by atoms with Crippen LogP contribution in [0.15, 0.2) is 0 Å². The third-order valence-corrected chi connectivity index (χ3v) is 16.4. The normalized spacial score (nSPS) is 11.1. The van der Waals surface area contributed by atoms with Gasteiger partial charge in [-0.1, -0.05) is 0 Å². The zero-order valence-electron chi connectivity index (χ0n) is 14.1. The fourth-order valence-corrected chi connectivity index (χ4v) is 13.9. The van der Waals surface area contributed by atoms with Gasteiger partial charge in [-0.25, -0.2) is 0 Å². The van der Waals surface area contributed by atoms with Gasteiger partial charge in [0.1, 0.15) is 0 Å². The van der Waals surface area contributed by atoms with Crippen LogP contribution >= 0.6 is 0 Å². The molecule has 0 saturated heterocycles. The first-order valence-corrected chi connectivity index (χ1v) is 19.8. The van der Waals surface area contributed by atoms with E-state index < -0.39 is 0 Å². The van der Waals surface area contributed by atoms with E-state index in [1.165, 1.54) is 64.2 Å². The van der Waals surface area contributed by atoms with Crippen molar-refractivity contribution in [1.29, 1.82) is 0 Å². The molecule has 0 spiro atoms. The zero-order chi connectivity index (χ0) is 14.7. The van der Waals surface area contributed by atoms with E-state index in [-0.39, 0.29) is 0 Å². The van der Waals surface area contributed by atoms with Gasteiger partial charge in [0.15, 0.2) is 0 Å². The molecule has 0 heterocycles. The molecule has 0 aliphatic heterocycles. The van der Waals surface area contributed by atoms with Crippen LogP contribution in [0.3, 0.4) is 0 Å². The van der Waals surface area contributed by atoms with Crippen LogP contribution in [-0.4, -0.2) is 34.1 Å². The van der Waals surface area contributed by atoms with Gasteiger partial charge in [0.2, 0.25) is 0 Å². The fraction of sp³-hybridized carbons (Fsp3) is 1.00. The Hall–Kier alpha value is 1.58. The van der Waals surface area contributed by atoms with Crippen LogP contribution in [0.1, 0.15) is 104 Å². The summed E-state index contributed by atoms with van der Waals surface area (Å²) in [5, 5.41) is 0. The first-order chi connectivity index (χ1) is 9.91. The van der Waals surface area contributed by atoms with Crippen LogP contribution in [0.5, 0.6) is 0 Å². The summed E-state index contributed by atoms with van der Waals surface area (Å²) in [4.78, 5) is 0. The summed E-state index contributed by atoms with van der Waals surface area (Å²) in [5.74, 6) is 0. The summed E-state index contributed by atoms with van der Waals surface area (Å²) >= 11 is 1.05. The van der Waals surface area contributed by atoms with Gasteiger partial charge < -0.3 is 0 Å². The monoisotopic (exact) mass is 514 g/mol. The van der Waals surface area contributed by atoms with E-state index in [1.807, 2.05) is 0 Å². The molecule has 0 aliphatic carbocycles. The van der Waals surface area contributed by atoms with Gasteiger partial charge in [-0.2, -0.15) is 0 Å². The van der Waals surface area contributed by atoms with Crippen molar-refractivity contribution < 1.29 is 0 Å². The van der Waals surface area contributed by atoms with Gasteiger partial charge in [0.05, 0.1) is 0 Å². The topological polar surface area (TPSA) is 0 Å². The average molecular weight is 510 g/mol. The van der Waals surface area contributed by atoms with Crippen molar-refractivity contribution in [2.75, 3.05) is 0 Å². The van der Waals surface area contributed by atoms with Crippen LogP contribution in [0, 0.1) is 0 Å². The van der Waals surface area contributed by atoms with Crippen molar-refractivity contribution in [2.24, 2.45) is 0 Å². The summed E-state index contributed by atoms with van der Waals surface area (Å²) in [5.41, 5.74) is 0. The van der Waals surface area contributed by atoms with Crippen LogP contribution in [0.25, 0.3) is 0 Å². The molecule has 0 bridgehead atoms. The molecule has 0 aliphatic rings. The van der Waals surface area contributed by atoms with E-state index in [0.717, 1.165) is 0 Å². The van der Waals surface area contributed by atoms with E-state index >= 15 is 0 Å². The van der Waals surface area contributed by atoms with Gasteiger partial charge in [-0.05, 0) is 0 Å². The van der Waals surface area contributed by atoms with Crippen LogP contribution in [0.4, 0.5) is 0 Å². The molecule has 0 amide bonds. The second-order valence-corrected chi connectivity index (χ2v) is 18.6. The van der Waals surface area contributed by atoms with Crippen molar-refractivity contribution in [1.82, 2.24) is 0 Å². The van der Waals surface area contributed by atoms with E-state index in [9.17, 15) is 0 Å². The van der Waals surface area contributed by atoms with Crippen molar-refractivity contribution in [2.45, 2.75) is 113 Å². The van der Waals surface area contributed by atoms with E-state index in [0.29, 0.717) is 34.1 Å². The second-order valence-electron chi connectivity index (χ2n) is 5.89. The Bertz CT molecular complexity index is 141. The van der Waals surface area contributed by atoms with Crippen LogP contribution in [-0.2, 0) is 0 Å². The Balaban J connectivity index is 2.89. The Kier molecular flexibility index (Phi) is 22.2. The molecular formula is C18H38Te2. The van der Waals surface area contributed by atoms with Gasteiger partial charge in [-0.3, -0.25) is 0 Å². The molecule has 0 N–H and O–H groups in total. The first kappa shape index (κ1) is 21.6. The van der Waals surface area contributed by atoms with Gasteiger partial charge >= 0.3 is 147 Å². The summed E-state index contributed by atoms with van der Waals surface area (Å²) in [7, 11) is 0. The summed E-state index contributed by atoms with van der Waals surface area (Å²) in [6.07, 6.45) is 20.9. The van der Waals surface area contributed by atoms with Gasteiger partial charge in [0.25, 0.3) is 0 Å². The maximum absolute atomic E-state index is 2.31. The van der Waals surface area contributed by atoms with Crippen LogP contribution < -0.4 is 0 Å². The number of unbranched alkanes of at least 4 members (excludes halogenated alkanes) is 12. The Morgan fingerprint density at radius 1 is 0.400 bits per heavy atom. The third-order valence-electron chi connectivity index (χ3n) is 3.75. The van der Waals surface area contributed by atoms with Crippen LogP contribution in [0.2, 0.25) is 8.94 Å². The minimum absolute atomic E-state index is 0.525. The molecule has 0 atom stereocenters. The number of rotatable bonds is 17. The predicted octanol–water partition coefficient (Wildman–Crippen LogP) is 6.65. The molecule has 0 aromatic rings. The first-order valence-electron chi connectivity index (χ1n) is 9.16.